The lowest BCUT2D eigenvalue weighted by atomic mass is 10.5. The van der Waals surface area contributed by atoms with E-state index in [2.05, 4.69) is 15.3 Å². The maximum absolute atomic E-state index is 11.4. The van der Waals surface area contributed by atoms with E-state index in [9.17, 15) is 8.42 Å². The molecule has 0 saturated heterocycles. The van der Waals surface area contributed by atoms with Crippen molar-refractivity contribution in [1.82, 2.24) is 14.3 Å². The van der Waals surface area contributed by atoms with E-state index in [4.69, 9.17) is 11.6 Å². The third-order valence-electron chi connectivity index (χ3n) is 1.86. The van der Waals surface area contributed by atoms with E-state index in [0.717, 1.165) is 0 Å². The van der Waals surface area contributed by atoms with E-state index in [1.54, 1.807) is 0 Å². The Morgan fingerprint density at radius 2 is 2.12 bits per heavy atom. The first-order valence-electron chi connectivity index (χ1n) is 4.53. The van der Waals surface area contributed by atoms with Crippen LogP contribution in [-0.4, -0.2) is 49.1 Å². The molecule has 6 nitrogen and oxygen atoms in total. The molecule has 16 heavy (non-hydrogen) atoms. The highest BCUT2D eigenvalue weighted by Gasteiger charge is 2.12. The standard InChI is InChI=1S/C8H13ClN4O2S/c1-13(2)16(14,15)4-3-10-8-5-7(9)11-6-12-8/h5-6H,3-4H2,1-2H3,(H,10,11,12). The number of rotatable bonds is 5. The Hall–Kier alpha value is -0.920. The summed E-state index contributed by atoms with van der Waals surface area (Å²) in [4.78, 5) is 7.60. The van der Waals surface area contributed by atoms with Crippen molar-refractivity contribution in [3.8, 4) is 0 Å². The van der Waals surface area contributed by atoms with Gasteiger partial charge in [-0.15, -0.1) is 0 Å². The van der Waals surface area contributed by atoms with Crippen LogP contribution in [0.25, 0.3) is 0 Å². The molecule has 0 spiro atoms. The summed E-state index contributed by atoms with van der Waals surface area (Å²) in [6.45, 7) is 0.272. The number of sulfonamides is 1. The van der Waals surface area contributed by atoms with Gasteiger partial charge in [-0.3, -0.25) is 0 Å². The van der Waals surface area contributed by atoms with Gasteiger partial charge in [-0.1, -0.05) is 11.6 Å². The van der Waals surface area contributed by atoms with Crippen molar-refractivity contribution >= 4 is 27.4 Å². The maximum Gasteiger partial charge on any atom is 0.215 e. The second-order valence-corrected chi connectivity index (χ2v) is 5.94. The second-order valence-electron chi connectivity index (χ2n) is 3.25. The molecule has 1 aromatic heterocycles. The first kappa shape index (κ1) is 13.1. The zero-order chi connectivity index (χ0) is 12.2. The first-order chi connectivity index (χ1) is 7.42. The summed E-state index contributed by atoms with van der Waals surface area (Å²) in [5.41, 5.74) is 0. The molecule has 0 unspecified atom stereocenters. The molecular weight excluding hydrogens is 252 g/mol. The summed E-state index contributed by atoms with van der Waals surface area (Å²) in [5, 5.41) is 3.17. The van der Waals surface area contributed by atoms with Gasteiger partial charge in [-0.05, 0) is 0 Å². The van der Waals surface area contributed by atoms with Gasteiger partial charge in [0.05, 0.1) is 5.75 Å². The van der Waals surface area contributed by atoms with Crippen molar-refractivity contribution in [2.75, 3.05) is 31.7 Å². The summed E-state index contributed by atoms with van der Waals surface area (Å²) in [6.07, 6.45) is 1.31. The van der Waals surface area contributed by atoms with Crippen LogP contribution in [0.1, 0.15) is 0 Å². The highest BCUT2D eigenvalue weighted by Crippen LogP contribution is 2.08. The lowest BCUT2D eigenvalue weighted by molar-refractivity contribution is 0.521. The van der Waals surface area contributed by atoms with Crippen LogP contribution < -0.4 is 5.32 Å². The summed E-state index contributed by atoms with van der Waals surface area (Å²) < 4.78 is 24.0. The molecule has 1 heterocycles. The third kappa shape index (κ3) is 3.92. The Morgan fingerprint density at radius 3 is 2.69 bits per heavy atom. The van der Waals surface area contributed by atoms with Crippen molar-refractivity contribution in [3.05, 3.63) is 17.5 Å². The van der Waals surface area contributed by atoms with Crippen LogP contribution in [0.4, 0.5) is 5.82 Å². The minimum absolute atomic E-state index is 0.00161. The van der Waals surface area contributed by atoms with Crippen molar-refractivity contribution in [2.24, 2.45) is 0 Å². The molecule has 0 radical (unpaired) electrons. The average molecular weight is 265 g/mol. The number of hydrogen-bond acceptors (Lipinski definition) is 5. The normalized spacial score (nSPS) is 11.8. The summed E-state index contributed by atoms with van der Waals surface area (Å²) in [6, 6.07) is 1.53. The van der Waals surface area contributed by atoms with Crippen LogP contribution in [0.15, 0.2) is 12.4 Å². The second kappa shape index (κ2) is 5.42. The number of hydrogen-bond donors (Lipinski definition) is 1. The van der Waals surface area contributed by atoms with Gasteiger partial charge in [0.25, 0.3) is 0 Å². The lowest BCUT2D eigenvalue weighted by Crippen LogP contribution is -2.28. The number of nitrogens with zero attached hydrogens (tertiary/aromatic N) is 3. The van der Waals surface area contributed by atoms with Crippen LogP contribution in [0.5, 0.6) is 0 Å². The van der Waals surface area contributed by atoms with Gasteiger partial charge in [0.15, 0.2) is 0 Å². The van der Waals surface area contributed by atoms with Gasteiger partial charge in [0.1, 0.15) is 17.3 Å². The molecule has 0 amide bonds. The minimum atomic E-state index is -3.18. The van der Waals surface area contributed by atoms with Gasteiger partial charge >= 0.3 is 0 Å². The van der Waals surface area contributed by atoms with E-state index < -0.39 is 10.0 Å². The Balaban J connectivity index is 2.48. The number of halogens is 1. The number of aromatic nitrogens is 2. The van der Waals surface area contributed by atoms with E-state index in [1.165, 1.54) is 30.8 Å². The SMILES string of the molecule is CN(C)S(=O)(=O)CCNc1cc(Cl)ncn1. The maximum atomic E-state index is 11.4. The van der Waals surface area contributed by atoms with Crippen molar-refractivity contribution in [1.29, 1.82) is 0 Å². The van der Waals surface area contributed by atoms with Crippen molar-refractivity contribution in [2.45, 2.75) is 0 Å². The molecule has 0 fully saturated rings. The van der Waals surface area contributed by atoms with Gasteiger partial charge < -0.3 is 5.32 Å². The van der Waals surface area contributed by atoms with Crippen molar-refractivity contribution in [3.63, 3.8) is 0 Å². The third-order valence-corrected chi connectivity index (χ3v) is 3.90. The number of nitrogens with one attached hydrogen (secondary N) is 1. The molecule has 0 bridgehead atoms. The van der Waals surface area contributed by atoms with Gasteiger partial charge in [0.2, 0.25) is 10.0 Å². The Morgan fingerprint density at radius 1 is 1.44 bits per heavy atom. The molecule has 8 heteroatoms. The summed E-state index contributed by atoms with van der Waals surface area (Å²) >= 11 is 5.65. The zero-order valence-electron chi connectivity index (χ0n) is 9.01. The van der Waals surface area contributed by atoms with Crippen LogP contribution in [0.3, 0.4) is 0 Å². The summed E-state index contributed by atoms with van der Waals surface area (Å²) in [5.74, 6) is 0.510. The van der Waals surface area contributed by atoms with Gasteiger partial charge in [0, 0.05) is 26.7 Å². The molecule has 0 aliphatic heterocycles. The zero-order valence-corrected chi connectivity index (χ0v) is 10.6. The van der Waals surface area contributed by atoms with E-state index >= 15 is 0 Å². The molecule has 0 atom stereocenters. The fourth-order valence-corrected chi connectivity index (χ4v) is 1.79. The lowest BCUT2D eigenvalue weighted by Gasteiger charge is -2.11. The largest absolute Gasteiger partial charge is 0.369 e. The predicted octanol–water partition coefficient (Wildman–Crippen LogP) is 0.433. The van der Waals surface area contributed by atoms with Gasteiger partial charge in [-0.2, -0.15) is 0 Å². The predicted molar refractivity (Wildman–Crippen MR) is 63.0 cm³/mol. The monoisotopic (exact) mass is 264 g/mol. The molecule has 0 saturated carbocycles. The molecule has 1 aromatic rings. The van der Waals surface area contributed by atoms with E-state index in [0.29, 0.717) is 11.0 Å². The van der Waals surface area contributed by atoms with Crippen LogP contribution in [0, 0.1) is 0 Å². The first-order valence-corrected chi connectivity index (χ1v) is 6.52. The average Bonchev–Trinajstić information content (AvgIpc) is 2.17. The van der Waals surface area contributed by atoms with E-state index in [-0.39, 0.29) is 12.3 Å². The van der Waals surface area contributed by atoms with E-state index in [1.807, 2.05) is 0 Å². The molecular formula is C8H13ClN4O2S. The number of anilines is 1. The Labute approximate surface area is 99.7 Å². The minimum Gasteiger partial charge on any atom is -0.369 e. The quantitative estimate of drug-likeness (QED) is 0.781. The molecule has 0 aliphatic carbocycles. The molecule has 0 aliphatic rings. The van der Waals surface area contributed by atoms with Gasteiger partial charge in [-0.25, -0.2) is 22.7 Å². The molecule has 0 aromatic carbocycles. The molecule has 1 rings (SSSR count). The van der Waals surface area contributed by atoms with Crippen LogP contribution >= 0.6 is 11.6 Å². The van der Waals surface area contributed by atoms with Crippen molar-refractivity contribution < 1.29 is 8.42 Å². The Bertz CT molecular complexity index is 449. The topological polar surface area (TPSA) is 75.2 Å². The molecule has 90 valence electrons. The highest BCUT2D eigenvalue weighted by atomic mass is 35.5. The Kier molecular flexibility index (Phi) is 4.45. The highest BCUT2D eigenvalue weighted by molar-refractivity contribution is 7.89. The molecule has 1 N–H and O–H groups in total. The summed E-state index contributed by atoms with van der Waals surface area (Å²) in [7, 11) is -0.190. The van der Waals surface area contributed by atoms with Crippen LogP contribution in [0.2, 0.25) is 5.15 Å². The fraction of sp³-hybridized carbons (Fsp3) is 0.500. The fourth-order valence-electron chi connectivity index (χ4n) is 0.921. The smallest absolute Gasteiger partial charge is 0.215 e. The van der Waals surface area contributed by atoms with Crippen LogP contribution in [-0.2, 0) is 10.0 Å².